The Labute approximate surface area is 120 Å². The van der Waals surface area contributed by atoms with Crippen molar-refractivity contribution in [1.82, 2.24) is 9.97 Å². The van der Waals surface area contributed by atoms with Crippen LogP contribution in [0.25, 0.3) is 0 Å². The molecule has 0 saturated carbocycles. The number of ether oxygens (including phenoxy) is 1. The molecule has 100 valence electrons. The lowest BCUT2D eigenvalue weighted by molar-refractivity contribution is -0.120. The fraction of sp³-hybridized carbons (Fsp3) is 0.267. The zero-order valence-corrected chi connectivity index (χ0v) is 11.7. The van der Waals surface area contributed by atoms with E-state index in [2.05, 4.69) is 16.0 Å². The van der Waals surface area contributed by atoms with Crippen LogP contribution in [0.1, 0.15) is 28.0 Å². The molecule has 4 nitrogen and oxygen atoms in total. The second-order valence-electron chi connectivity index (χ2n) is 5.00. The number of carbonyl (C=O) groups is 1. The van der Waals surface area contributed by atoms with Gasteiger partial charge in [-0.1, -0.05) is 6.07 Å². The molecular formula is C15H12N2O2S. The highest BCUT2D eigenvalue weighted by Gasteiger charge is 2.44. The van der Waals surface area contributed by atoms with Crippen molar-refractivity contribution in [2.75, 3.05) is 7.11 Å². The van der Waals surface area contributed by atoms with Gasteiger partial charge in [-0.05, 0) is 23.3 Å². The smallest absolute Gasteiger partial charge is 0.147 e. The first kappa shape index (κ1) is 11.9. The summed E-state index contributed by atoms with van der Waals surface area (Å²) in [6.07, 6.45) is 3.79. The van der Waals surface area contributed by atoms with E-state index in [-0.39, 0.29) is 17.0 Å². The molecule has 1 aromatic heterocycles. The first-order valence-electron chi connectivity index (χ1n) is 6.44. The first-order valence-corrected chi connectivity index (χ1v) is 7.32. The van der Waals surface area contributed by atoms with Gasteiger partial charge >= 0.3 is 0 Å². The van der Waals surface area contributed by atoms with Crippen LogP contribution in [-0.4, -0.2) is 22.9 Å². The van der Waals surface area contributed by atoms with Crippen molar-refractivity contribution in [3.63, 3.8) is 0 Å². The van der Waals surface area contributed by atoms with Crippen LogP contribution in [0.5, 0.6) is 5.75 Å². The molecule has 0 amide bonds. The lowest BCUT2D eigenvalue weighted by atomic mass is 9.81. The van der Waals surface area contributed by atoms with Gasteiger partial charge in [0.15, 0.2) is 0 Å². The number of benzene rings is 1. The van der Waals surface area contributed by atoms with Crippen LogP contribution in [-0.2, 0) is 11.2 Å². The van der Waals surface area contributed by atoms with E-state index in [1.54, 1.807) is 18.9 Å². The van der Waals surface area contributed by atoms with Gasteiger partial charge < -0.3 is 4.74 Å². The van der Waals surface area contributed by atoms with E-state index in [1.165, 1.54) is 11.9 Å². The summed E-state index contributed by atoms with van der Waals surface area (Å²) >= 11 is 1.69. The van der Waals surface area contributed by atoms with Crippen molar-refractivity contribution in [2.24, 2.45) is 0 Å². The molecule has 0 radical (unpaired) electrons. The Morgan fingerprint density at radius 2 is 2.30 bits per heavy atom. The fourth-order valence-corrected chi connectivity index (χ4v) is 4.47. The molecule has 0 saturated heterocycles. The highest BCUT2D eigenvalue weighted by molar-refractivity contribution is 8.00. The highest BCUT2D eigenvalue weighted by atomic mass is 32.2. The van der Waals surface area contributed by atoms with Crippen LogP contribution in [0, 0.1) is 0 Å². The van der Waals surface area contributed by atoms with Crippen LogP contribution in [0.4, 0.5) is 0 Å². The Hall–Kier alpha value is -1.88. The van der Waals surface area contributed by atoms with Gasteiger partial charge in [0, 0.05) is 17.5 Å². The minimum Gasteiger partial charge on any atom is -0.497 e. The number of carbonyl (C=O) groups excluding carboxylic acids is 1. The summed E-state index contributed by atoms with van der Waals surface area (Å²) in [4.78, 5) is 21.9. The van der Waals surface area contributed by atoms with E-state index < -0.39 is 0 Å². The van der Waals surface area contributed by atoms with Gasteiger partial charge in [-0.2, -0.15) is 0 Å². The molecule has 20 heavy (non-hydrogen) atoms. The van der Waals surface area contributed by atoms with Gasteiger partial charge in [0.05, 0.1) is 24.0 Å². The minimum atomic E-state index is -0.126. The molecule has 2 aliphatic rings. The van der Waals surface area contributed by atoms with E-state index in [9.17, 15) is 4.79 Å². The maximum Gasteiger partial charge on any atom is 0.147 e. The largest absolute Gasteiger partial charge is 0.497 e. The molecule has 2 unspecified atom stereocenters. The Balaban J connectivity index is 1.85. The van der Waals surface area contributed by atoms with Gasteiger partial charge in [0.25, 0.3) is 0 Å². The van der Waals surface area contributed by atoms with E-state index in [0.717, 1.165) is 21.9 Å². The number of thioether (sulfide) groups is 1. The molecule has 1 aliphatic carbocycles. The average molecular weight is 284 g/mol. The number of Topliss-reactive ketones (excluding diaryl/α,β-unsaturated/α-hetero) is 1. The van der Waals surface area contributed by atoms with Crippen molar-refractivity contribution >= 4 is 17.5 Å². The number of nitrogens with zero attached hydrogens (tertiary/aromatic N) is 2. The second kappa shape index (κ2) is 4.31. The third-order valence-electron chi connectivity index (χ3n) is 3.93. The number of hydrogen-bond acceptors (Lipinski definition) is 5. The van der Waals surface area contributed by atoms with Gasteiger partial charge in [0.2, 0.25) is 0 Å². The van der Waals surface area contributed by atoms with Crippen LogP contribution in [0.3, 0.4) is 0 Å². The van der Waals surface area contributed by atoms with Crippen molar-refractivity contribution in [1.29, 1.82) is 0 Å². The van der Waals surface area contributed by atoms with E-state index >= 15 is 0 Å². The van der Waals surface area contributed by atoms with Crippen LogP contribution in [0.2, 0.25) is 0 Å². The summed E-state index contributed by atoms with van der Waals surface area (Å²) in [5.74, 6) is 0.912. The molecule has 2 aromatic rings. The Kier molecular flexibility index (Phi) is 2.57. The molecule has 1 aromatic carbocycles. The molecule has 0 N–H and O–H groups in total. The van der Waals surface area contributed by atoms with Crippen LogP contribution in [0.15, 0.2) is 35.6 Å². The van der Waals surface area contributed by atoms with E-state index in [1.807, 2.05) is 18.3 Å². The topological polar surface area (TPSA) is 52.1 Å². The number of fused-ring (bicyclic) bond motifs is 5. The van der Waals surface area contributed by atoms with Gasteiger partial charge in [-0.3, -0.25) is 4.79 Å². The lowest BCUT2D eigenvalue weighted by Gasteiger charge is -2.26. The SMILES string of the molecule is COc1ccc2c(c1)CC(=O)C1c3ncncc3SC21. The number of methoxy groups -OCH3 is 1. The third-order valence-corrected chi connectivity index (χ3v) is 5.28. The highest BCUT2D eigenvalue weighted by Crippen LogP contribution is 2.56. The summed E-state index contributed by atoms with van der Waals surface area (Å²) in [6, 6.07) is 6.00. The van der Waals surface area contributed by atoms with Gasteiger partial charge in [-0.15, -0.1) is 11.8 Å². The molecule has 4 rings (SSSR count). The predicted octanol–water partition coefficient (Wildman–Crippen LogP) is 2.54. The van der Waals surface area contributed by atoms with E-state index in [4.69, 9.17) is 4.74 Å². The first-order chi connectivity index (χ1) is 9.78. The average Bonchev–Trinajstić information content (AvgIpc) is 2.86. The molecule has 2 heterocycles. The van der Waals surface area contributed by atoms with E-state index in [0.29, 0.717) is 6.42 Å². The van der Waals surface area contributed by atoms with Gasteiger partial charge in [-0.25, -0.2) is 9.97 Å². The summed E-state index contributed by atoms with van der Waals surface area (Å²) in [7, 11) is 1.64. The zero-order valence-electron chi connectivity index (χ0n) is 10.9. The molecule has 0 spiro atoms. The monoisotopic (exact) mass is 284 g/mol. The number of rotatable bonds is 1. The number of ketones is 1. The van der Waals surface area contributed by atoms with Crippen LogP contribution < -0.4 is 4.74 Å². The Morgan fingerprint density at radius 3 is 3.15 bits per heavy atom. The summed E-state index contributed by atoms with van der Waals surface area (Å²) < 4.78 is 5.25. The van der Waals surface area contributed by atoms with Crippen molar-refractivity contribution in [3.05, 3.63) is 47.5 Å². The molecule has 0 bridgehead atoms. The molecule has 1 aliphatic heterocycles. The third kappa shape index (κ3) is 1.59. The maximum absolute atomic E-state index is 12.5. The van der Waals surface area contributed by atoms with Crippen molar-refractivity contribution in [3.8, 4) is 5.75 Å². The summed E-state index contributed by atoms with van der Waals surface area (Å²) in [6.45, 7) is 0. The predicted molar refractivity (Wildman–Crippen MR) is 75.1 cm³/mol. The number of hydrogen-bond donors (Lipinski definition) is 0. The Bertz CT molecular complexity index is 717. The maximum atomic E-state index is 12.5. The standard InChI is InChI=1S/C15H12N2O2S/c1-19-9-2-3-10-8(4-9)5-11(18)13-14-12(20-15(10)13)6-16-7-17-14/h2-4,6-7,13,15H,5H2,1H3. The summed E-state index contributed by atoms with van der Waals surface area (Å²) in [5.41, 5.74) is 3.18. The molecule has 0 fully saturated rings. The van der Waals surface area contributed by atoms with Crippen LogP contribution >= 0.6 is 11.8 Å². The quantitative estimate of drug-likeness (QED) is 0.805. The second-order valence-corrected chi connectivity index (χ2v) is 6.18. The minimum absolute atomic E-state index is 0.126. The normalized spacial score (nSPS) is 22.9. The molecular weight excluding hydrogens is 272 g/mol. The van der Waals surface area contributed by atoms with Crippen molar-refractivity contribution in [2.45, 2.75) is 22.5 Å². The molecule has 5 heteroatoms. The van der Waals surface area contributed by atoms with Gasteiger partial charge in [0.1, 0.15) is 17.9 Å². The fourth-order valence-electron chi connectivity index (χ4n) is 3.00. The zero-order chi connectivity index (χ0) is 13.7. The lowest BCUT2D eigenvalue weighted by Crippen LogP contribution is -2.24. The Morgan fingerprint density at radius 1 is 1.40 bits per heavy atom. The number of aromatic nitrogens is 2. The summed E-state index contributed by atoms with van der Waals surface area (Å²) in [5, 5.41) is 0.129. The van der Waals surface area contributed by atoms with Crippen molar-refractivity contribution < 1.29 is 9.53 Å². The molecule has 2 atom stereocenters.